The molecule has 1 saturated heterocycles. The van der Waals surface area contributed by atoms with Crippen molar-refractivity contribution in [3.05, 3.63) is 99.7 Å². The first kappa shape index (κ1) is 25.0. The lowest BCUT2D eigenvalue weighted by molar-refractivity contribution is 0.371. The van der Waals surface area contributed by atoms with Gasteiger partial charge in [-0.2, -0.15) is 0 Å². The van der Waals surface area contributed by atoms with Crippen molar-refractivity contribution >= 4 is 11.6 Å². The Morgan fingerprint density at radius 2 is 1.56 bits per heavy atom. The third-order valence-electron chi connectivity index (χ3n) is 7.58. The first-order chi connectivity index (χ1) is 19.0. The highest BCUT2D eigenvalue weighted by atomic mass is 16.2. The number of nitrogens with one attached hydrogen (secondary N) is 1. The van der Waals surface area contributed by atoms with Gasteiger partial charge >= 0.3 is 5.69 Å². The van der Waals surface area contributed by atoms with Crippen LogP contribution < -0.4 is 16.7 Å². The van der Waals surface area contributed by atoms with Crippen molar-refractivity contribution in [3.63, 3.8) is 0 Å². The molecule has 8 heteroatoms. The standard InChI is InChI=1S/C31H33N7O/c1-20-16-26(17-21(2)34-20)27-28(23-8-4-3-5-9-23)35-30(32)38-29(27)36-37(31(38)39)19-25-11-7-6-10-24(25)18-22-12-14-33-15-13-22/h3-11,16-17,22,33H,12-15,18-19H2,1-2H3,(H2,32,35). The van der Waals surface area contributed by atoms with Crippen LogP contribution in [0.3, 0.4) is 0 Å². The smallest absolute Gasteiger partial charge is 0.353 e. The van der Waals surface area contributed by atoms with Gasteiger partial charge < -0.3 is 11.1 Å². The van der Waals surface area contributed by atoms with Crippen LogP contribution in [0.2, 0.25) is 0 Å². The van der Waals surface area contributed by atoms with Crippen molar-refractivity contribution in [2.45, 2.75) is 39.7 Å². The second kappa shape index (κ2) is 10.5. The summed E-state index contributed by atoms with van der Waals surface area (Å²) in [6.07, 6.45) is 3.34. The van der Waals surface area contributed by atoms with E-state index in [-0.39, 0.29) is 11.6 Å². The van der Waals surface area contributed by atoms with Gasteiger partial charge in [-0.25, -0.2) is 18.9 Å². The fraction of sp³-hybridized carbons (Fsp3) is 0.290. The summed E-state index contributed by atoms with van der Waals surface area (Å²) in [7, 11) is 0. The maximum absolute atomic E-state index is 13.7. The molecule has 0 unspecified atom stereocenters. The van der Waals surface area contributed by atoms with E-state index in [4.69, 9.17) is 15.8 Å². The number of hydrogen-bond donors (Lipinski definition) is 2. The Balaban J connectivity index is 1.51. The Bertz CT molecular complexity index is 1680. The van der Waals surface area contributed by atoms with Gasteiger partial charge in [-0.05, 0) is 80.9 Å². The molecule has 0 amide bonds. The van der Waals surface area contributed by atoms with E-state index in [0.29, 0.717) is 23.8 Å². The monoisotopic (exact) mass is 519 g/mol. The predicted octanol–water partition coefficient (Wildman–Crippen LogP) is 4.41. The van der Waals surface area contributed by atoms with E-state index in [0.717, 1.165) is 53.2 Å². The third kappa shape index (κ3) is 4.95. The molecule has 5 aromatic rings. The fourth-order valence-corrected chi connectivity index (χ4v) is 5.72. The molecule has 198 valence electrons. The minimum absolute atomic E-state index is 0.120. The van der Waals surface area contributed by atoms with Gasteiger partial charge in [-0.3, -0.25) is 4.98 Å². The van der Waals surface area contributed by atoms with Crippen molar-refractivity contribution in [3.8, 4) is 22.4 Å². The van der Waals surface area contributed by atoms with Gasteiger partial charge in [0.15, 0.2) is 5.65 Å². The van der Waals surface area contributed by atoms with Gasteiger partial charge in [0, 0.05) is 17.0 Å². The Morgan fingerprint density at radius 3 is 2.28 bits per heavy atom. The maximum atomic E-state index is 13.7. The molecule has 8 nitrogen and oxygen atoms in total. The number of rotatable bonds is 6. The number of fused-ring (bicyclic) bond motifs is 1. The number of nitrogens with zero attached hydrogens (tertiary/aromatic N) is 5. The quantitative estimate of drug-likeness (QED) is 0.345. The molecule has 39 heavy (non-hydrogen) atoms. The summed E-state index contributed by atoms with van der Waals surface area (Å²) in [5.74, 6) is 0.762. The number of nitrogen functional groups attached to an aromatic ring is 1. The van der Waals surface area contributed by atoms with Gasteiger partial charge in [0.05, 0.1) is 17.8 Å². The maximum Gasteiger partial charge on any atom is 0.353 e. The van der Waals surface area contributed by atoms with Crippen LogP contribution in [0.4, 0.5) is 5.95 Å². The molecule has 2 aromatic carbocycles. The number of nitrogens with two attached hydrogens (primary N) is 1. The molecule has 6 rings (SSSR count). The molecular weight excluding hydrogens is 486 g/mol. The van der Waals surface area contributed by atoms with Gasteiger partial charge in [-0.1, -0.05) is 54.6 Å². The van der Waals surface area contributed by atoms with Crippen LogP contribution in [0.25, 0.3) is 28.0 Å². The molecule has 0 aliphatic carbocycles. The van der Waals surface area contributed by atoms with E-state index in [2.05, 4.69) is 28.5 Å². The van der Waals surface area contributed by atoms with Crippen molar-refractivity contribution in [2.75, 3.05) is 18.8 Å². The van der Waals surface area contributed by atoms with Crippen LogP contribution in [0.15, 0.2) is 71.5 Å². The van der Waals surface area contributed by atoms with Crippen molar-refractivity contribution < 1.29 is 0 Å². The molecule has 1 aliphatic heterocycles. The summed E-state index contributed by atoms with van der Waals surface area (Å²) in [5.41, 5.74) is 14.0. The summed E-state index contributed by atoms with van der Waals surface area (Å²) in [6, 6.07) is 22.3. The molecule has 1 aliphatic rings. The fourth-order valence-electron chi connectivity index (χ4n) is 5.72. The molecule has 3 N–H and O–H groups in total. The van der Waals surface area contributed by atoms with Crippen LogP contribution in [0.1, 0.15) is 35.4 Å². The molecular formula is C31H33N7O. The number of aryl methyl sites for hydroxylation is 2. The zero-order valence-electron chi connectivity index (χ0n) is 22.4. The molecule has 4 heterocycles. The Hall–Kier alpha value is -4.30. The molecule has 0 atom stereocenters. The van der Waals surface area contributed by atoms with Gasteiger partial charge in [0.25, 0.3) is 0 Å². The average molecular weight is 520 g/mol. The zero-order valence-corrected chi connectivity index (χ0v) is 22.4. The van der Waals surface area contributed by atoms with Crippen LogP contribution in [-0.4, -0.2) is 37.2 Å². The number of hydrogen-bond acceptors (Lipinski definition) is 6. The third-order valence-corrected chi connectivity index (χ3v) is 7.58. The van der Waals surface area contributed by atoms with Crippen molar-refractivity contribution in [1.82, 2.24) is 29.5 Å². The molecule has 0 spiro atoms. The molecule has 0 saturated carbocycles. The van der Waals surface area contributed by atoms with Crippen LogP contribution in [0.5, 0.6) is 0 Å². The Morgan fingerprint density at radius 1 is 0.897 bits per heavy atom. The van der Waals surface area contributed by atoms with Crippen molar-refractivity contribution in [2.24, 2.45) is 5.92 Å². The zero-order chi connectivity index (χ0) is 26.9. The average Bonchev–Trinajstić information content (AvgIpc) is 3.26. The SMILES string of the molecule is Cc1cc(-c2c(-c3ccccc3)nc(N)n3c(=O)n(Cc4ccccc4CC4CCNCC4)nc23)cc(C)n1. The Labute approximate surface area is 227 Å². The van der Waals surface area contributed by atoms with E-state index in [9.17, 15) is 4.79 Å². The van der Waals surface area contributed by atoms with Crippen LogP contribution >= 0.6 is 0 Å². The second-order valence-corrected chi connectivity index (χ2v) is 10.5. The highest BCUT2D eigenvalue weighted by molar-refractivity contribution is 5.90. The van der Waals surface area contributed by atoms with Crippen LogP contribution in [-0.2, 0) is 13.0 Å². The first-order valence-electron chi connectivity index (χ1n) is 13.6. The summed E-state index contributed by atoms with van der Waals surface area (Å²) in [4.78, 5) is 23.0. The van der Waals surface area contributed by atoms with E-state index in [1.165, 1.54) is 27.5 Å². The lowest BCUT2D eigenvalue weighted by Gasteiger charge is -2.23. The molecule has 1 fully saturated rings. The van der Waals surface area contributed by atoms with Gasteiger partial charge in [0.2, 0.25) is 5.95 Å². The lowest BCUT2D eigenvalue weighted by Crippen LogP contribution is -2.29. The topological polar surface area (TPSA) is 103 Å². The lowest BCUT2D eigenvalue weighted by atomic mass is 9.89. The summed E-state index contributed by atoms with van der Waals surface area (Å²) >= 11 is 0. The summed E-state index contributed by atoms with van der Waals surface area (Å²) in [6.45, 7) is 6.42. The Kier molecular flexibility index (Phi) is 6.70. The summed E-state index contributed by atoms with van der Waals surface area (Å²) in [5, 5.41) is 8.34. The molecule has 0 radical (unpaired) electrons. The van der Waals surface area contributed by atoms with E-state index in [1.54, 1.807) is 0 Å². The number of pyridine rings is 1. The molecule has 3 aromatic heterocycles. The highest BCUT2D eigenvalue weighted by Crippen LogP contribution is 2.35. The first-order valence-corrected chi connectivity index (χ1v) is 13.6. The van der Waals surface area contributed by atoms with Gasteiger partial charge in [0.1, 0.15) is 0 Å². The van der Waals surface area contributed by atoms with Gasteiger partial charge in [-0.15, -0.1) is 5.10 Å². The minimum atomic E-state index is -0.296. The number of anilines is 1. The van der Waals surface area contributed by atoms with E-state index < -0.39 is 0 Å². The van der Waals surface area contributed by atoms with Crippen molar-refractivity contribution in [1.29, 1.82) is 0 Å². The minimum Gasteiger partial charge on any atom is -0.369 e. The van der Waals surface area contributed by atoms with E-state index >= 15 is 0 Å². The van der Waals surface area contributed by atoms with E-state index in [1.807, 2.05) is 62.4 Å². The number of piperidine rings is 1. The number of aromatic nitrogens is 5. The predicted molar refractivity (Wildman–Crippen MR) is 155 cm³/mol. The second-order valence-electron chi connectivity index (χ2n) is 10.5. The largest absolute Gasteiger partial charge is 0.369 e. The normalized spacial score (nSPS) is 14.2. The highest BCUT2D eigenvalue weighted by Gasteiger charge is 2.23. The number of benzene rings is 2. The molecule has 0 bridgehead atoms. The van der Waals surface area contributed by atoms with Crippen LogP contribution in [0, 0.1) is 19.8 Å². The summed E-state index contributed by atoms with van der Waals surface area (Å²) < 4.78 is 2.95.